The third-order valence-corrected chi connectivity index (χ3v) is 3.53. The van der Waals surface area contributed by atoms with Crippen LogP contribution in [0.25, 0.3) is 0 Å². The van der Waals surface area contributed by atoms with Gasteiger partial charge >= 0.3 is 5.97 Å². The number of carbonyl (C=O) groups is 2. The van der Waals surface area contributed by atoms with Crippen molar-refractivity contribution in [3.63, 3.8) is 0 Å². The van der Waals surface area contributed by atoms with Crippen LogP contribution in [-0.2, 0) is 9.53 Å². The molecule has 0 aromatic heterocycles. The molecule has 1 rings (SSSR count). The Morgan fingerprint density at radius 2 is 1.92 bits per heavy atom. The molecule has 24 heavy (non-hydrogen) atoms. The molecule has 6 nitrogen and oxygen atoms in total. The first-order valence-corrected chi connectivity index (χ1v) is 7.97. The van der Waals surface area contributed by atoms with Crippen molar-refractivity contribution < 1.29 is 14.3 Å². The van der Waals surface area contributed by atoms with E-state index in [0.29, 0.717) is 5.69 Å². The van der Waals surface area contributed by atoms with E-state index >= 15 is 0 Å². The van der Waals surface area contributed by atoms with Gasteiger partial charge in [-0.15, -0.1) is 0 Å². The van der Waals surface area contributed by atoms with Gasteiger partial charge in [0.05, 0.1) is 18.4 Å². The summed E-state index contributed by atoms with van der Waals surface area (Å²) in [5, 5.41) is 7.84. The molecule has 3 N–H and O–H groups in total. The molecular formula is C14H14Cl3N3O3S. The monoisotopic (exact) mass is 409 g/mol. The number of hydrogen-bond acceptors (Lipinski definition) is 4. The van der Waals surface area contributed by atoms with Crippen LogP contribution in [0.2, 0.25) is 0 Å². The maximum absolute atomic E-state index is 11.7. The Bertz CT molecular complexity index is 650. The van der Waals surface area contributed by atoms with E-state index in [-0.39, 0.29) is 10.7 Å². The number of alkyl halides is 3. The summed E-state index contributed by atoms with van der Waals surface area (Å²) in [5.41, 5.74) is 0.657. The maximum Gasteiger partial charge on any atom is 0.339 e. The highest BCUT2D eigenvalue weighted by molar-refractivity contribution is 7.80. The molecule has 0 saturated carbocycles. The number of para-hydroxylation sites is 1. The van der Waals surface area contributed by atoms with Gasteiger partial charge in [-0.1, -0.05) is 53.5 Å². The van der Waals surface area contributed by atoms with Gasteiger partial charge in [-0.2, -0.15) is 0 Å². The van der Waals surface area contributed by atoms with Crippen LogP contribution in [0.5, 0.6) is 0 Å². The number of carbonyl (C=O) groups excluding carboxylic acids is 2. The number of benzene rings is 1. The lowest BCUT2D eigenvalue weighted by molar-refractivity contribution is -0.117. The maximum atomic E-state index is 11.7. The van der Waals surface area contributed by atoms with Crippen LogP contribution in [0, 0.1) is 0 Å². The zero-order valence-corrected chi connectivity index (χ0v) is 15.5. The first-order valence-electron chi connectivity index (χ1n) is 6.43. The van der Waals surface area contributed by atoms with Crippen molar-refractivity contribution >= 4 is 69.7 Å². The van der Waals surface area contributed by atoms with Gasteiger partial charge in [-0.05, 0) is 30.4 Å². The molecule has 1 atom stereocenters. The minimum Gasteiger partial charge on any atom is -0.465 e. The zero-order valence-electron chi connectivity index (χ0n) is 12.4. The average molecular weight is 411 g/mol. The van der Waals surface area contributed by atoms with Crippen molar-refractivity contribution in [3.8, 4) is 0 Å². The van der Waals surface area contributed by atoms with Gasteiger partial charge in [-0.3, -0.25) is 4.79 Å². The Morgan fingerprint density at radius 1 is 1.29 bits per heavy atom. The van der Waals surface area contributed by atoms with Gasteiger partial charge in [0.1, 0.15) is 6.17 Å². The summed E-state index contributed by atoms with van der Waals surface area (Å²) >= 11 is 22.6. The number of thiocarbonyl (C=S) groups is 1. The fourth-order valence-electron chi connectivity index (χ4n) is 1.57. The molecule has 0 fully saturated rings. The normalized spacial score (nSPS) is 11.8. The first kappa shape index (κ1) is 20.5. The molecule has 0 aliphatic carbocycles. The Balaban J connectivity index is 2.89. The number of rotatable bonds is 5. The number of anilines is 1. The molecule has 0 radical (unpaired) electrons. The number of methoxy groups -OCH3 is 1. The number of halogens is 3. The van der Waals surface area contributed by atoms with Crippen LogP contribution in [-0.4, -0.2) is 34.1 Å². The van der Waals surface area contributed by atoms with Crippen molar-refractivity contribution in [2.75, 3.05) is 12.4 Å². The smallest absolute Gasteiger partial charge is 0.339 e. The molecule has 1 amide bonds. The Kier molecular flexibility index (Phi) is 7.75. The van der Waals surface area contributed by atoms with Gasteiger partial charge < -0.3 is 20.7 Å². The van der Waals surface area contributed by atoms with E-state index < -0.39 is 21.8 Å². The summed E-state index contributed by atoms with van der Waals surface area (Å²) < 4.78 is 2.80. The lowest BCUT2D eigenvalue weighted by Gasteiger charge is -2.27. The summed E-state index contributed by atoms with van der Waals surface area (Å²) in [7, 11) is 1.26. The van der Waals surface area contributed by atoms with E-state index in [1.54, 1.807) is 24.3 Å². The van der Waals surface area contributed by atoms with Crippen molar-refractivity contribution in [2.24, 2.45) is 0 Å². The predicted octanol–water partition coefficient (Wildman–Crippen LogP) is 2.76. The van der Waals surface area contributed by atoms with Crippen molar-refractivity contribution in [1.82, 2.24) is 10.6 Å². The van der Waals surface area contributed by atoms with E-state index in [1.165, 1.54) is 7.11 Å². The van der Waals surface area contributed by atoms with Crippen LogP contribution < -0.4 is 16.0 Å². The van der Waals surface area contributed by atoms with Crippen LogP contribution in [0.1, 0.15) is 10.4 Å². The largest absolute Gasteiger partial charge is 0.465 e. The molecule has 10 heteroatoms. The van der Waals surface area contributed by atoms with E-state index in [1.807, 2.05) is 0 Å². The minimum atomic E-state index is -1.88. The quantitative estimate of drug-likeness (QED) is 0.228. The Hall–Kier alpha value is -1.54. The second-order valence-corrected chi connectivity index (χ2v) is 7.10. The molecular weight excluding hydrogens is 397 g/mol. The third-order valence-electron chi connectivity index (χ3n) is 2.66. The third kappa shape index (κ3) is 6.16. The molecule has 0 aliphatic rings. The lowest BCUT2D eigenvalue weighted by atomic mass is 10.2. The highest BCUT2D eigenvalue weighted by atomic mass is 35.6. The number of hydrogen-bond donors (Lipinski definition) is 3. The fraction of sp³-hybridized carbons (Fsp3) is 0.214. The zero-order chi connectivity index (χ0) is 18.3. The summed E-state index contributed by atoms with van der Waals surface area (Å²) in [4.78, 5) is 23.1. The molecule has 0 aliphatic heterocycles. The fourth-order valence-corrected chi connectivity index (χ4v) is 2.13. The summed E-state index contributed by atoms with van der Waals surface area (Å²) in [6.07, 6.45) is -0.105. The van der Waals surface area contributed by atoms with E-state index in [2.05, 4.69) is 27.3 Å². The van der Waals surface area contributed by atoms with Crippen LogP contribution in [0.4, 0.5) is 5.69 Å². The second kappa shape index (κ2) is 9.08. The molecule has 0 saturated heterocycles. The first-order chi connectivity index (χ1) is 11.2. The number of nitrogens with one attached hydrogen (secondary N) is 3. The topological polar surface area (TPSA) is 79.5 Å². The Morgan fingerprint density at radius 3 is 2.46 bits per heavy atom. The lowest BCUT2D eigenvalue weighted by Crippen LogP contribution is -2.55. The van der Waals surface area contributed by atoms with Crippen molar-refractivity contribution in [3.05, 3.63) is 42.5 Å². The van der Waals surface area contributed by atoms with Crippen LogP contribution in [0.15, 0.2) is 36.9 Å². The van der Waals surface area contributed by atoms with Gasteiger partial charge in [0.15, 0.2) is 5.11 Å². The number of ether oxygens (including phenoxy) is 1. The number of amides is 1. The van der Waals surface area contributed by atoms with E-state index in [0.717, 1.165) is 6.08 Å². The highest BCUT2D eigenvalue weighted by Gasteiger charge is 2.34. The predicted molar refractivity (Wildman–Crippen MR) is 99.6 cm³/mol. The molecule has 1 aromatic rings. The molecule has 0 bridgehead atoms. The van der Waals surface area contributed by atoms with Crippen molar-refractivity contribution in [2.45, 2.75) is 9.96 Å². The van der Waals surface area contributed by atoms with Gasteiger partial charge in [0, 0.05) is 0 Å². The summed E-state index contributed by atoms with van der Waals surface area (Å²) in [6, 6.07) is 6.54. The highest BCUT2D eigenvalue weighted by Crippen LogP contribution is 2.29. The summed E-state index contributed by atoms with van der Waals surface area (Å²) in [6.45, 7) is 3.31. The minimum absolute atomic E-state index is 0.0204. The molecule has 1 unspecified atom stereocenters. The van der Waals surface area contributed by atoms with Crippen LogP contribution >= 0.6 is 47.0 Å². The van der Waals surface area contributed by atoms with Gasteiger partial charge in [0.2, 0.25) is 9.70 Å². The van der Waals surface area contributed by atoms with Gasteiger partial charge in [-0.25, -0.2) is 4.79 Å². The number of esters is 1. The molecule has 1 aromatic carbocycles. The Labute approximate surface area is 159 Å². The average Bonchev–Trinajstić information content (AvgIpc) is 2.52. The molecule has 0 heterocycles. The second-order valence-electron chi connectivity index (χ2n) is 4.32. The van der Waals surface area contributed by atoms with Crippen LogP contribution in [0.3, 0.4) is 0 Å². The molecule has 130 valence electrons. The SMILES string of the molecule is C=CC(=O)NC(NC(=S)Nc1ccccc1C(=O)OC)C(Cl)(Cl)Cl. The van der Waals surface area contributed by atoms with Gasteiger partial charge in [0.25, 0.3) is 0 Å². The van der Waals surface area contributed by atoms with E-state index in [4.69, 9.17) is 47.0 Å². The van der Waals surface area contributed by atoms with E-state index in [9.17, 15) is 9.59 Å². The standard InChI is InChI=1S/C14H14Cl3N3O3S/c1-3-10(21)19-12(14(15,16)17)20-13(24)18-9-7-5-4-6-8(9)11(22)23-2/h3-7,12H,1H2,2H3,(H,19,21)(H2,18,20,24). The summed E-state index contributed by atoms with van der Waals surface area (Å²) in [5.74, 6) is -1.10. The van der Waals surface area contributed by atoms with Crippen molar-refractivity contribution in [1.29, 1.82) is 0 Å². The molecule has 0 spiro atoms.